The molecule has 0 aliphatic rings. The van der Waals surface area contributed by atoms with Crippen LogP contribution in [0.1, 0.15) is 17.4 Å². The number of halogens is 2. The fourth-order valence-corrected chi connectivity index (χ4v) is 2.55. The van der Waals surface area contributed by atoms with Gasteiger partial charge < -0.3 is 9.73 Å². The van der Waals surface area contributed by atoms with Crippen molar-refractivity contribution in [3.05, 3.63) is 88.5 Å². The highest BCUT2D eigenvalue weighted by Crippen LogP contribution is 2.28. The van der Waals surface area contributed by atoms with E-state index in [0.717, 1.165) is 17.0 Å². The fourth-order valence-electron chi connectivity index (χ4n) is 2.17. The van der Waals surface area contributed by atoms with Gasteiger partial charge in [-0.2, -0.15) is 0 Å². The van der Waals surface area contributed by atoms with Gasteiger partial charge in [0.05, 0.1) is 10.7 Å². The van der Waals surface area contributed by atoms with Gasteiger partial charge in [0.2, 0.25) is 0 Å². The van der Waals surface area contributed by atoms with Crippen molar-refractivity contribution in [1.82, 2.24) is 0 Å². The molecule has 2 nitrogen and oxygen atoms in total. The van der Waals surface area contributed by atoms with E-state index < -0.39 is 0 Å². The molecule has 0 aliphatic carbocycles. The van der Waals surface area contributed by atoms with Crippen molar-refractivity contribution in [2.24, 2.45) is 0 Å². The second-order valence-electron chi connectivity index (χ2n) is 4.63. The van der Waals surface area contributed by atoms with Crippen LogP contribution < -0.4 is 5.32 Å². The van der Waals surface area contributed by atoms with E-state index in [0.29, 0.717) is 4.47 Å². The molecule has 4 heteroatoms. The van der Waals surface area contributed by atoms with Crippen LogP contribution >= 0.6 is 15.9 Å². The molecule has 0 saturated carbocycles. The van der Waals surface area contributed by atoms with Crippen LogP contribution in [0.5, 0.6) is 0 Å². The first-order valence-electron chi connectivity index (χ1n) is 6.54. The second kappa shape index (κ2) is 6.14. The summed E-state index contributed by atoms with van der Waals surface area (Å²) in [5.41, 5.74) is 1.89. The van der Waals surface area contributed by atoms with Gasteiger partial charge in [0.1, 0.15) is 17.6 Å². The monoisotopic (exact) mass is 345 g/mol. The molecule has 0 spiro atoms. The summed E-state index contributed by atoms with van der Waals surface area (Å²) in [7, 11) is 0. The first-order chi connectivity index (χ1) is 10.2. The third kappa shape index (κ3) is 3.16. The number of rotatable bonds is 4. The van der Waals surface area contributed by atoms with Crippen molar-refractivity contribution in [3.8, 4) is 0 Å². The van der Waals surface area contributed by atoms with E-state index in [9.17, 15) is 4.39 Å². The number of benzene rings is 2. The summed E-state index contributed by atoms with van der Waals surface area (Å²) in [4.78, 5) is 0. The lowest BCUT2D eigenvalue weighted by Crippen LogP contribution is -2.11. The SMILES string of the molecule is Fc1ccc(NC(c2ccccc2)c2ccco2)cc1Br. The first kappa shape index (κ1) is 13.9. The van der Waals surface area contributed by atoms with Crippen LogP contribution in [0.3, 0.4) is 0 Å². The Hall–Kier alpha value is -2.07. The van der Waals surface area contributed by atoms with Crippen LogP contribution in [0.4, 0.5) is 10.1 Å². The third-order valence-corrected chi connectivity index (χ3v) is 3.80. The Morgan fingerprint density at radius 2 is 1.81 bits per heavy atom. The Morgan fingerprint density at radius 1 is 1.00 bits per heavy atom. The molecule has 0 fully saturated rings. The largest absolute Gasteiger partial charge is 0.467 e. The smallest absolute Gasteiger partial charge is 0.137 e. The molecule has 0 amide bonds. The van der Waals surface area contributed by atoms with Crippen molar-refractivity contribution in [3.63, 3.8) is 0 Å². The highest BCUT2D eigenvalue weighted by atomic mass is 79.9. The Bertz CT molecular complexity index is 713. The van der Waals surface area contributed by atoms with E-state index in [1.165, 1.54) is 6.07 Å². The molecule has 3 rings (SSSR count). The summed E-state index contributed by atoms with van der Waals surface area (Å²) in [6, 6.07) is 18.5. The first-order valence-corrected chi connectivity index (χ1v) is 7.33. The average molecular weight is 346 g/mol. The molecule has 3 aromatic rings. The third-order valence-electron chi connectivity index (χ3n) is 3.19. The molecule has 1 unspecified atom stereocenters. The van der Waals surface area contributed by atoms with Gasteiger partial charge in [0.15, 0.2) is 0 Å². The predicted octanol–water partition coefficient (Wildman–Crippen LogP) is 5.38. The van der Waals surface area contributed by atoms with E-state index in [2.05, 4.69) is 21.2 Å². The van der Waals surface area contributed by atoms with Crippen LogP contribution in [-0.4, -0.2) is 0 Å². The molecule has 1 aromatic heterocycles. The van der Waals surface area contributed by atoms with Crippen molar-refractivity contribution >= 4 is 21.6 Å². The highest BCUT2D eigenvalue weighted by molar-refractivity contribution is 9.10. The maximum atomic E-state index is 13.3. The van der Waals surface area contributed by atoms with Crippen LogP contribution in [0.15, 0.2) is 75.8 Å². The van der Waals surface area contributed by atoms with Crippen molar-refractivity contribution in [2.45, 2.75) is 6.04 Å². The molecular formula is C17H13BrFNO. The van der Waals surface area contributed by atoms with E-state index in [1.807, 2.05) is 42.5 Å². The second-order valence-corrected chi connectivity index (χ2v) is 5.49. The van der Waals surface area contributed by atoms with Gasteiger partial charge >= 0.3 is 0 Å². The van der Waals surface area contributed by atoms with Gasteiger partial charge in [-0.05, 0) is 51.8 Å². The molecule has 0 bridgehead atoms. The van der Waals surface area contributed by atoms with Crippen LogP contribution in [0, 0.1) is 5.82 Å². The standard InChI is InChI=1S/C17H13BrFNO/c18-14-11-13(8-9-15(14)19)20-17(16-7-4-10-21-16)12-5-2-1-3-6-12/h1-11,17,20H. The van der Waals surface area contributed by atoms with Gasteiger partial charge in [0, 0.05) is 5.69 Å². The molecule has 0 aliphatic heterocycles. The highest BCUT2D eigenvalue weighted by Gasteiger charge is 2.16. The molecule has 1 heterocycles. The minimum atomic E-state index is -0.283. The van der Waals surface area contributed by atoms with Crippen LogP contribution in [-0.2, 0) is 0 Å². The van der Waals surface area contributed by atoms with E-state index in [4.69, 9.17) is 4.42 Å². The minimum Gasteiger partial charge on any atom is -0.467 e. The Balaban J connectivity index is 1.95. The van der Waals surface area contributed by atoms with Gasteiger partial charge in [-0.1, -0.05) is 30.3 Å². The zero-order valence-electron chi connectivity index (χ0n) is 11.1. The molecule has 21 heavy (non-hydrogen) atoms. The topological polar surface area (TPSA) is 25.2 Å². The Labute approximate surface area is 130 Å². The summed E-state index contributed by atoms with van der Waals surface area (Å²) < 4.78 is 19.3. The lowest BCUT2D eigenvalue weighted by molar-refractivity contribution is 0.499. The number of furan rings is 1. The van der Waals surface area contributed by atoms with Crippen LogP contribution in [0.2, 0.25) is 0 Å². The number of anilines is 1. The fraction of sp³-hybridized carbons (Fsp3) is 0.0588. The van der Waals surface area contributed by atoms with Crippen LogP contribution in [0.25, 0.3) is 0 Å². The normalized spacial score (nSPS) is 12.1. The van der Waals surface area contributed by atoms with Crippen molar-refractivity contribution in [1.29, 1.82) is 0 Å². The quantitative estimate of drug-likeness (QED) is 0.686. The van der Waals surface area contributed by atoms with Gasteiger partial charge in [-0.3, -0.25) is 0 Å². The average Bonchev–Trinajstić information content (AvgIpc) is 3.03. The zero-order chi connectivity index (χ0) is 14.7. The van der Waals surface area contributed by atoms with Gasteiger partial charge in [-0.15, -0.1) is 0 Å². The van der Waals surface area contributed by atoms with Gasteiger partial charge in [0.25, 0.3) is 0 Å². The van der Waals surface area contributed by atoms with E-state index in [-0.39, 0.29) is 11.9 Å². The molecule has 1 N–H and O–H groups in total. The maximum Gasteiger partial charge on any atom is 0.137 e. The summed E-state index contributed by atoms with van der Waals surface area (Å²) in [5, 5.41) is 3.38. The number of nitrogens with one attached hydrogen (secondary N) is 1. The van der Waals surface area contributed by atoms with Gasteiger partial charge in [-0.25, -0.2) is 4.39 Å². The maximum absolute atomic E-state index is 13.3. The number of hydrogen-bond donors (Lipinski definition) is 1. The predicted molar refractivity (Wildman–Crippen MR) is 84.7 cm³/mol. The number of hydrogen-bond acceptors (Lipinski definition) is 2. The molecule has 0 radical (unpaired) electrons. The van der Waals surface area contributed by atoms with E-state index >= 15 is 0 Å². The molecular weight excluding hydrogens is 333 g/mol. The molecule has 0 saturated heterocycles. The lowest BCUT2D eigenvalue weighted by atomic mass is 10.0. The summed E-state index contributed by atoms with van der Waals surface area (Å²) in [6.07, 6.45) is 1.65. The zero-order valence-corrected chi connectivity index (χ0v) is 12.7. The van der Waals surface area contributed by atoms with E-state index in [1.54, 1.807) is 18.4 Å². The molecule has 2 aromatic carbocycles. The summed E-state index contributed by atoms with van der Waals surface area (Å²) >= 11 is 3.20. The summed E-state index contributed by atoms with van der Waals surface area (Å²) in [5.74, 6) is 0.524. The lowest BCUT2D eigenvalue weighted by Gasteiger charge is -2.18. The molecule has 1 atom stereocenters. The Morgan fingerprint density at radius 3 is 2.48 bits per heavy atom. The summed E-state index contributed by atoms with van der Waals surface area (Å²) in [6.45, 7) is 0. The molecule has 106 valence electrons. The Kier molecular flexibility index (Phi) is 4.06. The van der Waals surface area contributed by atoms with Crippen molar-refractivity contribution in [2.75, 3.05) is 5.32 Å². The van der Waals surface area contributed by atoms with Crippen molar-refractivity contribution < 1.29 is 8.81 Å². The minimum absolute atomic E-state index is 0.126.